The fourth-order valence-corrected chi connectivity index (χ4v) is 4.14. The molecule has 0 unspecified atom stereocenters. The Balaban J connectivity index is 2.08. The first-order valence-electron chi connectivity index (χ1n) is 9.85. The zero-order valence-corrected chi connectivity index (χ0v) is 17.9. The number of hydrogen-bond acceptors (Lipinski definition) is 8. The minimum absolute atomic E-state index is 0.0810. The van der Waals surface area contributed by atoms with Crippen LogP contribution < -0.4 is 5.32 Å². The summed E-state index contributed by atoms with van der Waals surface area (Å²) in [4.78, 5) is 38.7. The molecule has 2 aliphatic rings. The Morgan fingerprint density at radius 2 is 1.93 bits per heavy atom. The quantitative estimate of drug-likeness (QED) is 0.427. The Hall–Kier alpha value is -2.87. The van der Waals surface area contributed by atoms with Gasteiger partial charge < -0.3 is 23.9 Å². The Labute approximate surface area is 175 Å². The molecule has 0 amide bonds. The molecule has 8 nitrogen and oxygen atoms in total. The van der Waals surface area contributed by atoms with Crippen molar-refractivity contribution in [3.05, 3.63) is 46.2 Å². The van der Waals surface area contributed by atoms with Gasteiger partial charge in [-0.25, -0.2) is 4.79 Å². The summed E-state index contributed by atoms with van der Waals surface area (Å²) in [6.07, 6.45) is 0.473. The van der Waals surface area contributed by atoms with E-state index in [2.05, 4.69) is 5.32 Å². The summed E-state index contributed by atoms with van der Waals surface area (Å²) in [7, 11) is 2.78. The summed E-state index contributed by atoms with van der Waals surface area (Å²) in [5.41, 5.74) is 1.91. The monoisotopic (exact) mass is 417 g/mol. The number of aryl methyl sites for hydroxylation is 1. The van der Waals surface area contributed by atoms with Gasteiger partial charge in [0.1, 0.15) is 24.0 Å². The van der Waals surface area contributed by atoms with Gasteiger partial charge >= 0.3 is 11.9 Å². The van der Waals surface area contributed by atoms with Crippen molar-refractivity contribution in [3.8, 4) is 0 Å². The molecule has 1 aliphatic carbocycles. The predicted octanol–water partition coefficient (Wildman–Crippen LogP) is 2.39. The maximum Gasteiger partial charge on any atom is 0.336 e. The van der Waals surface area contributed by atoms with Gasteiger partial charge in [-0.05, 0) is 38.3 Å². The van der Waals surface area contributed by atoms with Crippen LogP contribution in [0, 0.1) is 18.8 Å². The predicted molar refractivity (Wildman–Crippen MR) is 106 cm³/mol. The fraction of sp³-hybridized carbons (Fsp3) is 0.500. The molecular weight excluding hydrogens is 390 g/mol. The fourth-order valence-electron chi connectivity index (χ4n) is 4.14. The van der Waals surface area contributed by atoms with Crippen LogP contribution >= 0.6 is 0 Å². The molecule has 0 spiro atoms. The lowest BCUT2D eigenvalue weighted by atomic mass is 9.70. The molecule has 0 saturated carbocycles. The third-order valence-electron chi connectivity index (χ3n) is 5.53. The molecule has 3 rings (SSSR count). The first-order chi connectivity index (χ1) is 14.3. The van der Waals surface area contributed by atoms with Gasteiger partial charge in [-0.15, -0.1) is 0 Å². The van der Waals surface area contributed by atoms with E-state index in [1.807, 2.05) is 6.92 Å². The van der Waals surface area contributed by atoms with Crippen LogP contribution in [0.15, 0.2) is 39.1 Å². The number of ether oxygens (including phenoxy) is 3. The number of esters is 2. The third kappa shape index (κ3) is 3.92. The van der Waals surface area contributed by atoms with Crippen LogP contribution in [0.25, 0.3) is 0 Å². The number of allylic oxidation sites excluding steroid dienone is 3. The number of carbonyl (C=O) groups is 3. The average Bonchev–Trinajstić information content (AvgIpc) is 3.12. The van der Waals surface area contributed by atoms with Crippen LogP contribution in [-0.2, 0) is 28.6 Å². The van der Waals surface area contributed by atoms with Crippen LogP contribution in [0.2, 0.25) is 0 Å². The maximum absolute atomic E-state index is 13.5. The summed E-state index contributed by atoms with van der Waals surface area (Å²) in [6.45, 7) is 5.73. The van der Waals surface area contributed by atoms with Gasteiger partial charge in [0.05, 0.1) is 25.2 Å². The highest BCUT2D eigenvalue weighted by atomic mass is 16.6. The van der Waals surface area contributed by atoms with E-state index >= 15 is 0 Å². The molecule has 8 heteroatoms. The zero-order valence-electron chi connectivity index (χ0n) is 17.9. The van der Waals surface area contributed by atoms with E-state index < -0.39 is 23.8 Å². The van der Waals surface area contributed by atoms with Crippen molar-refractivity contribution in [1.29, 1.82) is 0 Å². The second-order valence-corrected chi connectivity index (χ2v) is 7.61. The lowest BCUT2D eigenvalue weighted by Gasteiger charge is -2.37. The van der Waals surface area contributed by atoms with Crippen LogP contribution in [0.4, 0.5) is 0 Å². The van der Waals surface area contributed by atoms with Gasteiger partial charge in [0.2, 0.25) is 0 Å². The Kier molecular flexibility index (Phi) is 6.45. The van der Waals surface area contributed by atoms with Crippen LogP contribution in [0.3, 0.4) is 0 Å². The normalized spacial score (nSPS) is 23.8. The van der Waals surface area contributed by atoms with E-state index in [4.69, 9.17) is 18.6 Å². The van der Waals surface area contributed by atoms with Gasteiger partial charge in [0.15, 0.2) is 5.78 Å². The third-order valence-corrected chi connectivity index (χ3v) is 5.53. The summed E-state index contributed by atoms with van der Waals surface area (Å²) < 4.78 is 21.0. The van der Waals surface area contributed by atoms with E-state index in [9.17, 15) is 14.4 Å². The van der Waals surface area contributed by atoms with Gasteiger partial charge in [0, 0.05) is 24.1 Å². The van der Waals surface area contributed by atoms with Crippen molar-refractivity contribution in [3.63, 3.8) is 0 Å². The largest absolute Gasteiger partial charge is 0.468 e. The molecule has 0 aromatic carbocycles. The molecule has 3 atom stereocenters. The van der Waals surface area contributed by atoms with Crippen LogP contribution in [0.5, 0.6) is 0 Å². The zero-order chi connectivity index (χ0) is 22.0. The van der Waals surface area contributed by atoms with Gasteiger partial charge in [-0.3, -0.25) is 9.59 Å². The van der Waals surface area contributed by atoms with Crippen LogP contribution in [-0.4, -0.2) is 45.2 Å². The maximum atomic E-state index is 13.5. The van der Waals surface area contributed by atoms with E-state index in [1.54, 1.807) is 26.0 Å². The minimum atomic E-state index is -0.932. The van der Waals surface area contributed by atoms with Crippen molar-refractivity contribution < 1.29 is 33.0 Å². The highest BCUT2D eigenvalue weighted by Gasteiger charge is 2.48. The second kappa shape index (κ2) is 8.87. The molecule has 1 aromatic rings. The van der Waals surface area contributed by atoms with E-state index in [0.29, 0.717) is 34.9 Å². The molecule has 0 bridgehead atoms. The topological polar surface area (TPSA) is 104 Å². The molecule has 0 radical (unpaired) electrons. The van der Waals surface area contributed by atoms with Crippen molar-refractivity contribution in [2.75, 3.05) is 27.4 Å². The molecular formula is C22H27NO7. The summed E-state index contributed by atoms with van der Waals surface area (Å²) in [5, 5.41) is 3.20. The van der Waals surface area contributed by atoms with Crippen molar-refractivity contribution in [2.45, 2.75) is 33.1 Å². The molecule has 0 saturated heterocycles. The SMILES string of the molecule is COCCOC(=O)C1=C(C)NC2=C(C(=O)[C@@H](C(=O)OC)[C@H](C)C2)[C@@H]1c1ccc(C)o1. The number of methoxy groups -OCH3 is 2. The molecule has 162 valence electrons. The van der Waals surface area contributed by atoms with Crippen molar-refractivity contribution in [1.82, 2.24) is 5.32 Å². The number of ketones is 1. The molecule has 1 aromatic heterocycles. The first kappa shape index (κ1) is 21.8. The summed E-state index contributed by atoms with van der Waals surface area (Å²) >= 11 is 0. The summed E-state index contributed by atoms with van der Waals surface area (Å²) in [5.74, 6) is -2.35. The van der Waals surface area contributed by atoms with E-state index in [1.165, 1.54) is 14.2 Å². The molecule has 1 N–H and O–H groups in total. The number of rotatable bonds is 6. The smallest absolute Gasteiger partial charge is 0.336 e. The number of Topliss-reactive ketones (excluding diaryl/α,β-unsaturated/α-hetero) is 1. The molecule has 1 aliphatic heterocycles. The van der Waals surface area contributed by atoms with E-state index in [0.717, 1.165) is 0 Å². The number of dihydropyridines is 1. The Morgan fingerprint density at radius 3 is 2.53 bits per heavy atom. The van der Waals surface area contributed by atoms with Crippen LogP contribution in [0.1, 0.15) is 37.7 Å². The van der Waals surface area contributed by atoms with E-state index in [-0.39, 0.29) is 30.5 Å². The Bertz CT molecular complexity index is 924. The number of nitrogens with one attached hydrogen (secondary N) is 1. The highest BCUT2D eigenvalue weighted by molar-refractivity contribution is 6.12. The van der Waals surface area contributed by atoms with Crippen molar-refractivity contribution >= 4 is 17.7 Å². The average molecular weight is 417 g/mol. The standard InChI is InChI=1S/C22H27NO7/c1-11-10-14-18(20(24)16(11)21(25)28-5)19(15-7-6-12(2)30-15)17(13(3)23-14)22(26)29-9-8-27-4/h6-7,11,16,19,23H,8-10H2,1-5H3/t11-,16+,19-/m1/s1. The lowest BCUT2D eigenvalue weighted by molar-refractivity contribution is -0.151. The molecule has 0 fully saturated rings. The van der Waals surface area contributed by atoms with Gasteiger partial charge in [-0.1, -0.05) is 6.92 Å². The number of carbonyl (C=O) groups excluding carboxylic acids is 3. The second-order valence-electron chi connectivity index (χ2n) is 7.61. The van der Waals surface area contributed by atoms with Gasteiger partial charge in [-0.2, -0.15) is 0 Å². The summed E-state index contributed by atoms with van der Waals surface area (Å²) in [6, 6.07) is 3.51. The molecule has 30 heavy (non-hydrogen) atoms. The molecule has 2 heterocycles. The van der Waals surface area contributed by atoms with Gasteiger partial charge in [0.25, 0.3) is 0 Å². The Morgan fingerprint density at radius 1 is 1.20 bits per heavy atom. The number of furan rings is 1. The first-order valence-corrected chi connectivity index (χ1v) is 9.85. The van der Waals surface area contributed by atoms with Crippen molar-refractivity contribution in [2.24, 2.45) is 11.8 Å². The lowest BCUT2D eigenvalue weighted by Crippen LogP contribution is -2.43. The minimum Gasteiger partial charge on any atom is -0.468 e. The number of hydrogen-bond donors (Lipinski definition) is 1. The highest BCUT2D eigenvalue weighted by Crippen LogP contribution is 2.45.